The van der Waals surface area contributed by atoms with E-state index in [0.29, 0.717) is 5.92 Å². The molecule has 1 unspecified atom stereocenters. The predicted molar refractivity (Wildman–Crippen MR) is 79.9 cm³/mol. The van der Waals surface area contributed by atoms with Crippen molar-refractivity contribution in [3.8, 4) is 0 Å². The number of nitrogens with zero attached hydrogens (tertiary/aromatic N) is 1. The van der Waals surface area contributed by atoms with E-state index in [-0.39, 0.29) is 6.42 Å². The van der Waals surface area contributed by atoms with Crippen LogP contribution in [-0.2, 0) is 4.79 Å². The zero-order chi connectivity index (χ0) is 14.6. The van der Waals surface area contributed by atoms with Gasteiger partial charge in [0.05, 0.1) is 6.42 Å². The summed E-state index contributed by atoms with van der Waals surface area (Å²) in [6, 6.07) is 8.42. The average Bonchev–Trinajstić information content (AvgIpc) is 2.35. The van der Waals surface area contributed by atoms with E-state index in [4.69, 9.17) is 5.11 Å². The zero-order valence-corrected chi connectivity index (χ0v) is 12.6. The van der Waals surface area contributed by atoms with Crippen molar-refractivity contribution in [1.29, 1.82) is 0 Å². The lowest BCUT2D eigenvalue weighted by Crippen LogP contribution is -2.43. The molecule has 0 aromatic heterocycles. The molecule has 106 valence electrons. The number of hydrogen-bond acceptors (Lipinski definition) is 2. The van der Waals surface area contributed by atoms with Gasteiger partial charge in [0.25, 0.3) is 0 Å². The van der Waals surface area contributed by atoms with Gasteiger partial charge >= 0.3 is 5.97 Å². The fourth-order valence-electron chi connectivity index (χ4n) is 2.10. The first-order valence-electron chi connectivity index (χ1n) is 6.83. The third-order valence-electron chi connectivity index (χ3n) is 3.95. The molecule has 0 amide bonds. The minimum Gasteiger partial charge on any atom is -0.481 e. The molecule has 3 heteroatoms. The van der Waals surface area contributed by atoms with E-state index in [9.17, 15) is 4.79 Å². The molecule has 0 saturated carbocycles. The molecule has 0 saturated heterocycles. The second-order valence-electron chi connectivity index (χ2n) is 5.84. The molecule has 0 fully saturated rings. The van der Waals surface area contributed by atoms with Crippen molar-refractivity contribution < 1.29 is 9.90 Å². The highest BCUT2D eigenvalue weighted by Crippen LogP contribution is 2.27. The van der Waals surface area contributed by atoms with Gasteiger partial charge in [0.1, 0.15) is 0 Å². The minimum absolute atomic E-state index is 0.122. The Morgan fingerprint density at radius 1 is 1.32 bits per heavy atom. The third-order valence-corrected chi connectivity index (χ3v) is 3.95. The Kier molecular flexibility index (Phi) is 4.98. The van der Waals surface area contributed by atoms with Gasteiger partial charge in [0, 0.05) is 18.3 Å². The number of carboxylic acids is 1. The van der Waals surface area contributed by atoms with Crippen molar-refractivity contribution in [3.05, 3.63) is 29.8 Å². The summed E-state index contributed by atoms with van der Waals surface area (Å²) in [6.45, 7) is 8.29. The first-order valence-corrected chi connectivity index (χ1v) is 6.83. The molecule has 0 aliphatic heterocycles. The van der Waals surface area contributed by atoms with E-state index < -0.39 is 11.5 Å². The van der Waals surface area contributed by atoms with Crippen LogP contribution in [0.2, 0.25) is 0 Å². The van der Waals surface area contributed by atoms with Crippen LogP contribution in [0.15, 0.2) is 24.3 Å². The van der Waals surface area contributed by atoms with Crippen molar-refractivity contribution in [1.82, 2.24) is 0 Å². The van der Waals surface area contributed by atoms with E-state index in [1.807, 2.05) is 25.8 Å². The lowest BCUT2D eigenvalue weighted by Gasteiger charge is -2.36. The normalized spacial score (nSPS) is 13.1. The van der Waals surface area contributed by atoms with E-state index >= 15 is 0 Å². The summed E-state index contributed by atoms with van der Waals surface area (Å²) in [6.07, 6.45) is 1.25. The van der Waals surface area contributed by atoms with Crippen LogP contribution >= 0.6 is 0 Å². The smallest absolute Gasteiger partial charge is 0.305 e. The Morgan fingerprint density at radius 2 is 1.84 bits per heavy atom. The standard InChI is InChI=1S/C16H25NO2/c1-6-12(2)13-7-9-14(10-8-13)17(5)16(3,4)11-15(18)19/h7-10,12H,6,11H2,1-5H3,(H,18,19). The number of aliphatic carboxylic acids is 1. The third kappa shape index (κ3) is 3.98. The molecule has 0 bridgehead atoms. The van der Waals surface area contributed by atoms with Crippen molar-refractivity contribution in [2.24, 2.45) is 0 Å². The lowest BCUT2D eigenvalue weighted by molar-refractivity contribution is -0.138. The molecule has 0 spiro atoms. The predicted octanol–water partition coefficient (Wildman–Crippen LogP) is 3.89. The Balaban J connectivity index is 2.88. The molecule has 0 heterocycles. The van der Waals surface area contributed by atoms with E-state index in [1.165, 1.54) is 5.56 Å². The zero-order valence-electron chi connectivity index (χ0n) is 12.6. The van der Waals surface area contributed by atoms with Crippen LogP contribution in [-0.4, -0.2) is 23.7 Å². The van der Waals surface area contributed by atoms with Crippen LogP contribution in [0.4, 0.5) is 5.69 Å². The minimum atomic E-state index is -0.770. The summed E-state index contributed by atoms with van der Waals surface area (Å²) in [4.78, 5) is 12.9. The summed E-state index contributed by atoms with van der Waals surface area (Å²) >= 11 is 0. The molecule has 1 atom stereocenters. The maximum absolute atomic E-state index is 10.9. The van der Waals surface area contributed by atoms with Gasteiger partial charge in [-0.05, 0) is 43.9 Å². The number of hydrogen-bond donors (Lipinski definition) is 1. The molecular weight excluding hydrogens is 238 g/mol. The summed E-state index contributed by atoms with van der Waals surface area (Å²) in [7, 11) is 1.95. The van der Waals surface area contributed by atoms with Gasteiger partial charge in [-0.15, -0.1) is 0 Å². The highest BCUT2D eigenvalue weighted by molar-refractivity contribution is 5.69. The Bertz CT molecular complexity index is 423. The maximum atomic E-state index is 10.9. The molecule has 0 radical (unpaired) electrons. The number of benzene rings is 1. The molecule has 1 aromatic carbocycles. The molecule has 1 aromatic rings. The summed E-state index contributed by atoms with van der Waals surface area (Å²) in [5.41, 5.74) is 1.98. The highest BCUT2D eigenvalue weighted by Gasteiger charge is 2.26. The van der Waals surface area contributed by atoms with E-state index in [2.05, 4.69) is 38.1 Å². The Morgan fingerprint density at radius 3 is 2.26 bits per heavy atom. The lowest BCUT2D eigenvalue weighted by atomic mass is 9.96. The van der Waals surface area contributed by atoms with Crippen LogP contribution in [0.1, 0.15) is 52.0 Å². The number of carboxylic acid groups (broad SMARTS) is 1. The van der Waals surface area contributed by atoms with Crippen molar-refractivity contribution in [2.45, 2.75) is 52.0 Å². The van der Waals surface area contributed by atoms with E-state index in [0.717, 1.165) is 12.1 Å². The van der Waals surface area contributed by atoms with Gasteiger partial charge in [-0.25, -0.2) is 0 Å². The van der Waals surface area contributed by atoms with Crippen molar-refractivity contribution in [2.75, 3.05) is 11.9 Å². The highest BCUT2D eigenvalue weighted by atomic mass is 16.4. The summed E-state index contributed by atoms with van der Waals surface area (Å²) < 4.78 is 0. The second-order valence-corrected chi connectivity index (χ2v) is 5.84. The molecular formula is C16H25NO2. The van der Waals surface area contributed by atoms with Gasteiger partial charge in [-0.2, -0.15) is 0 Å². The van der Waals surface area contributed by atoms with Gasteiger partial charge in [-0.3, -0.25) is 4.79 Å². The number of rotatable bonds is 6. The van der Waals surface area contributed by atoms with Crippen molar-refractivity contribution >= 4 is 11.7 Å². The van der Waals surface area contributed by atoms with Gasteiger partial charge in [0.2, 0.25) is 0 Å². The largest absolute Gasteiger partial charge is 0.481 e. The second kappa shape index (κ2) is 6.09. The first kappa shape index (κ1) is 15.5. The first-order chi connectivity index (χ1) is 8.77. The van der Waals surface area contributed by atoms with Crippen LogP contribution in [0.3, 0.4) is 0 Å². The van der Waals surface area contributed by atoms with Crippen LogP contribution in [0, 0.1) is 0 Å². The van der Waals surface area contributed by atoms with Crippen molar-refractivity contribution in [3.63, 3.8) is 0 Å². The van der Waals surface area contributed by atoms with E-state index in [1.54, 1.807) is 0 Å². The Labute approximate surface area is 116 Å². The SMILES string of the molecule is CCC(C)c1ccc(N(C)C(C)(C)CC(=O)O)cc1. The monoisotopic (exact) mass is 263 g/mol. The summed E-state index contributed by atoms with van der Waals surface area (Å²) in [5, 5.41) is 8.97. The maximum Gasteiger partial charge on any atom is 0.305 e. The van der Waals surface area contributed by atoms with Crippen LogP contribution < -0.4 is 4.90 Å². The Hall–Kier alpha value is -1.51. The molecule has 1 rings (SSSR count). The average molecular weight is 263 g/mol. The topological polar surface area (TPSA) is 40.5 Å². The molecule has 19 heavy (non-hydrogen) atoms. The molecule has 0 aliphatic rings. The molecule has 0 aliphatic carbocycles. The van der Waals surface area contributed by atoms with Crippen LogP contribution in [0.25, 0.3) is 0 Å². The molecule has 3 nitrogen and oxygen atoms in total. The van der Waals surface area contributed by atoms with Crippen LogP contribution in [0.5, 0.6) is 0 Å². The number of anilines is 1. The fraction of sp³-hybridized carbons (Fsp3) is 0.562. The van der Waals surface area contributed by atoms with Gasteiger partial charge in [-0.1, -0.05) is 26.0 Å². The quantitative estimate of drug-likeness (QED) is 0.846. The van der Waals surface area contributed by atoms with Gasteiger partial charge in [0.15, 0.2) is 0 Å². The number of carbonyl (C=O) groups is 1. The fourth-order valence-corrected chi connectivity index (χ4v) is 2.10. The molecule has 1 N–H and O–H groups in total. The summed E-state index contributed by atoms with van der Waals surface area (Å²) in [5.74, 6) is -0.209. The van der Waals surface area contributed by atoms with Gasteiger partial charge < -0.3 is 10.0 Å².